The number of aryl methyl sites for hydroxylation is 2. The summed E-state index contributed by atoms with van der Waals surface area (Å²) in [5.41, 5.74) is 0.729. The largest absolute Gasteiger partial charge is 0.505 e. The van der Waals surface area contributed by atoms with E-state index < -0.39 is 0 Å². The molecule has 0 amide bonds. The first-order valence-electron chi connectivity index (χ1n) is 2.33. The van der Waals surface area contributed by atoms with Crippen molar-refractivity contribution in [2.45, 2.75) is 13.8 Å². The van der Waals surface area contributed by atoms with Crippen LogP contribution in [0.3, 0.4) is 0 Å². The van der Waals surface area contributed by atoms with Crippen LogP contribution >= 0.6 is 11.5 Å². The van der Waals surface area contributed by atoms with Gasteiger partial charge in [0.2, 0.25) is 0 Å². The maximum atomic E-state index is 8.99. The molecule has 0 aliphatic rings. The van der Waals surface area contributed by atoms with Gasteiger partial charge in [0.25, 0.3) is 0 Å². The van der Waals surface area contributed by atoms with Crippen molar-refractivity contribution in [2.75, 3.05) is 0 Å². The number of rotatable bonds is 0. The van der Waals surface area contributed by atoms with Crippen molar-refractivity contribution in [3.63, 3.8) is 0 Å². The lowest BCUT2D eigenvalue weighted by atomic mass is 10.4. The van der Waals surface area contributed by atoms with E-state index >= 15 is 0 Å². The maximum absolute atomic E-state index is 8.99. The summed E-state index contributed by atoms with van der Waals surface area (Å²) < 4.78 is 3.91. The standard InChI is InChI=1S/C5H7NOS/c1-3-5(7)4(2)8-6-3/h7H,1-2H3. The number of aromatic hydroxyl groups is 1. The highest BCUT2D eigenvalue weighted by atomic mass is 32.1. The van der Waals surface area contributed by atoms with Gasteiger partial charge in [0.05, 0.1) is 10.6 Å². The molecule has 1 aromatic heterocycles. The average molecular weight is 129 g/mol. The highest BCUT2D eigenvalue weighted by Gasteiger charge is 2.01. The van der Waals surface area contributed by atoms with Crippen LogP contribution in [0, 0.1) is 13.8 Å². The Morgan fingerprint density at radius 2 is 2.12 bits per heavy atom. The molecule has 0 fully saturated rings. The fourth-order valence-corrected chi connectivity index (χ4v) is 1.07. The Hall–Kier alpha value is -0.570. The van der Waals surface area contributed by atoms with Gasteiger partial charge in [-0.2, -0.15) is 4.37 Å². The second kappa shape index (κ2) is 1.74. The lowest BCUT2D eigenvalue weighted by Gasteiger charge is -1.83. The van der Waals surface area contributed by atoms with Gasteiger partial charge in [-0.1, -0.05) is 0 Å². The molecule has 0 saturated carbocycles. The molecule has 1 rings (SSSR count). The third-order valence-electron chi connectivity index (χ3n) is 0.996. The van der Waals surface area contributed by atoms with Crippen LogP contribution in [0.5, 0.6) is 5.75 Å². The highest BCUT2D eigenvalue weighted by Crippen LogP contribution is 2.22. The Morgan fingerprint density at radius 3 is 2.25 bits per heavy atom. The van der Waals surface area contributed by atoms with Crippen LogP contribution in [0.25, 0.3) is 0 Å². The van der Waals surface area contributed by atoms with Crippen molar-refractivity contribution in [3.8, 4) is 5.75 Å². The highest BCUT2D eigenvalue weighted by molar-refractivity contribution is 7.06. The van der Waals surface area contributed by atoms with Gasteiger partial charge < -0.3 is 5.11 Å². The normalized spacial score (nSPS) is 9.75. The second-order valence-corrected chi connectivity index (χ2v) is 2.65. The molecule has 0 aromatic carbocycles. The molecule has 0 aliphatic heterocycles. The minimum Gasteiger partial charge on any atom is -0.505 e. The molecule has 0 spiro atoms. The van der Waals surface area contributed by atoms with Crippen LogP contribution in [0.15, 0.2) is 0 Å². The summed E-state index contributed by atoms with van der Waals surface area (Å²) in [7, 11) is 0. The number of hydrogen-bond acceptors (Lipinski definition) is 3. The molecule has 3 heteroatoms. The summed E-state index contributed by atoms with van der Waals surface area (Å²) in [6.45, 7) is 3.64. The van der Waals surface area contributed by atoms with Gasteiger partial charge >= 0.3 is 0 Å². The molecule has 0 atom stereocenters. The van der Waals surface area contributed by atoms with Crippen LogP contribution in [0.4, 0.5) is 0 Å². The van der Waals surface area contributed by atoms with Gasteiger partial charge in [0, 0.05) is 0 Å². The van der Waals surface area contributed by atoms with Gasteiger partial charge in [-0.25, -0.2) is 0 Å². The van der Waals surface area contributed by atoms with E-state index in [0.717, 1.165) is 10.6 Å². The van der Waals surface area contributed by atoms with Crippen molar-refractivity contribution < 1.29 is 5.11 Å². The molecule has 0 aliphatic carbocycles. The molecule has 0 bridgehead atoms. The number of hydrogen-bond donors (Lipinski definition) is 1. The van der Waals surface area contributed by atoms with E-state index in [1.165, 1.54) is 11.5 Å². The maximum Gasteiger partial charge on any atom is 0.152 e. The molecule has 2 nitrogen and oxygen atoms in total. The van der Waals surface area contributed by atoms with Crippen LogP contribution in [0.1, 0.15) is 10.6 Å². The van der Waals surface area contributed by atoms with Crippen molar-refractivity contribution in [2.24, 2.45) is 0 Å². The lowest BCUT2D eigenvalue weighted by molar-refractivity contribution is 0.468. The molecule has 0 saturated heterocycles. The van der Waals surface area contributed by atoms with Gasteiger partial charge in [0.1, 0.15) is 0 Å². The monoisotopic (exact) mass is 129 g/mol. The zero-order valence-electron chi connectivity index (χ0n) is 4.80. The molecule has 8 heavy (non-hydrogen) atoms. The molecule has 44 valence electrons. The Labute approximate surface area is 52.0 Å². The molecule has 1 N–H and O–H groups in total. The molecular weight excluding hydrogens is 122 g/mol. The molecule has 1 aromatic rings. The van der Waals surface area contributed by atoms with E-state index in [-0.39, 0.29) is 0 Å². The van der Waals surface area contributed by atoms with E-state index in [1.807, 2.05) is 6.92 Å². The third-order valence-corrected chi connectivity index (χ3v) is 1.83. The van der Waals surface area contributed by atoms with E-state index in [2.05, 4.69) is 4.37 Å². The van der Waals surface area contributed by atoms with Gasteiger partial charge in [-0.3, -0.25) is 0 Å². The molecular formula is C5H7NOS. The Bertz CT molecular complexity index is 175. The van der Waals surface area contributed by atoms with E-state index in [0.29, 0.717) is 5.75 Å². The minimum absolute atomic E-state index is 0.343. The minimum atomic E-state index is 0.343. The van der Waals surface area contributed by atoms with Crippen molar-refractivity contribution in [1.82, 2.24) is 4.37 Å². The Morgan fingerprint density at radius 1 is 1.50 bits per heavy atom. The smallest absolute Gasteiger partial charge is 0.152 e. The summed E-state index contributed by atoms with van der Waals surface area (Å²) in [5.74, 6) is 0.343. The van der Waals surface area contributed by atoms with E-state index in [1.54, 1.807) is 6.92 Å². The SMILES string of the molecule is Cc1nsc(C)c1O. The first kappa shape index (κ1) is 5.56. The quantitative estimate of drug-likeness (QED) is 0.575. The van der Waals surface area contributed by atoms with E-state index in [9.17, 15) is 0 Å². The molecule has 0 unspecified atom stereocenters. The summed E-state index contributed by atoms with van der Waals surface area (Å²) in [6.07, 6.45) is 0. The predicted molar refractivity (Wildman–Crippen MR) is 33.3 cm³/mol. The van der Waals surface area contributed by atoms with Gasteiger partial charge in [0.15, 0.2) is 5.75 Å². The van der Waals surface area contributed by atoms with Crippen molar-refractivity contribution >= 4 is 11.5 Å². The fraction of sp³-hybridized carbons (Fsp3) is 0.400. The fourth-order valence-electron chi connectivity index (χ4n) is 0.478. The summed E-state index contributed by atoms with van der Waals surface area (Å²) >= 11 is 1.33. The van der Waals surface area contributed by atoms with Crippen LogP contribution in [-0.2, 0) is 0 Å². The third kappa shape index (κ3) is 0.690. The zero-order chi connectivity index (χ0) is 6.15. The van der Waals surface area contributed by atoms with E-state index in [4.69, 9.17) is 5.11 Å². The van der Waals surface area contributed by atoms with Gasteiger partial charge in [-0.05, 0) is 25.4 Å². The van der Waals surface area contributed by atoms with Crippen LogP contribution in [0.2, 0.25) is 0 Å². The Kier molecular flexibility index (Phi) is 1.21. The molecule has 1 heterocycles. The first-order chi connectivity index (χ1) is 3.72. The van der Waals surface area contributed by atoms with Crippen molar-refractivity contribution in [1.29, 1.82) is 0 Å². The lowest BCUT2D eigenvalue weighted by Crippen LogP contribution is -1.66. The first-order valence-corrected chi connectivity index (χ1v) is 3.11. The Balaban J connectivity index is 3.19. The van der Waals surface area contributed by atoms with Gasteiger partial charge in [-0.15, -0.1) is 0 Å². The summed E-state index contributed by atoms with van der Waals surface area (Å²) in [6, 6.07) is 0. The topological polar surface area (TPSA) is 33.1 Å². The summed E-state index contributed by atoms with van der Waals surface area (Å²) in [4.78, 5) is 0.891. The average Bonchev–Trinajstić information content (AvgIpc) is 1.98. The predicted octanol–water partition coefficient (Wildman–Crippen LogP) is 1.47. The van der Waals surface area contributed by atoms with Crippen LogP contribution in [-0.4, -0.2) is 9.48 Å². The number of nitrogens with zero attached hydrogens (tertiary/aromatic N) is 1. The summed E-state index contributed by atoms with van der Waals surface area (Å²) in [5, 5.41) is 8.99. The molecule has 0 radical (unpaired) electrons. The zero-order valence-corrected chi connectivity index (χ0v) is 5.62. The second-order valence-electron chi connectivity index (χ2n) is 1.67. The van der Waals surface area contributed by atoms with Crippen LogP contribution < -0.4 is 0 Å². The number of aromatic nitrogens is 1. The van der Waals surface area contributed by atoms with Crippen molar-refractivity contribution in [3.05, 3.63) is 10.6 Å².